The number of allylic oxidation sites excluding steroid dienone is 1. The Labute approximate surface area is 78.2 Å². The number of nitrogen functional groups attached to an aromatic ring is 1. The average molecular weight is 178 g/mol. The normalized spacial score (nSPS) is 9.38. The molecule has 0 aliphatic rings. The molecule has 0 unspecified atom stereocenters. The Kier molecular flexibility index (Phi) is 3.31. The molecule has 1 rings (SSSR count). The van der Waals surface area contributed by atoms with E-state index in [1.165, 1.54) is 5.57 Å². The van der Waals surface area contributed by atoms with Gasteiger partial charge in [0.05, 0.1) is 0 Å². The standard InChI is InChI=1S/C10H14N2O/c1-8(2)5-7-13-9-4-3-6-12-10(9)11/h3-6H,7H2,1-2H3,(H2,11,12). The first-order chi connectivity index (χ1) is 6.20. The van der Waals surface area contributed by atoms with Crippen molar-refractivity contribution in [3.05, 3.63) is 30.0 Å². The largest absolute Gasteiger partial charge is 0.486 e. The van der Waals surface area contributed by atoms with Crippen molar-refractivity contribution < 1.29 is 4.74 Å². The summed E-state index contributed by atoms with van der Waals surface area (Å²) in [5.74, 6) is 1.07. The molecule has 0 aliphatic carbocycles. The van der Waals surface area contributed by atoms with Gasteiger partial charge in [0.15, 0.2) is 11.6 Å². The molecular formula is C10H14N2O. The van der Waals surface area contributed by atoms with Gasteiger partial charge in [0.2, 0.25) is 0 Å². The highest BCUT2D eigenvalue weighted by Crippen LogP contribution is 2.16. The second-order valence-corrected chi connectivity index (χ2v) is 2.98. The van der Waals surface area contributed by atoms with Gasteiger partial charge in [-0.3, -0.25) is 0 Å². The number of anilines is 1. The number of ether oxygens (including phenoxy) is 1. The minimum absolute atomic E-state index is 0.435. The average Bonchev–Trinajstić information content (AvgIpc) is 2.08. The van der Waals surface area contributed by atoms with Crippen molar-refractivity contribution in [3.63, 3.8) is 0 Å². The quantitative estimate of drug-likeness (QED) is 0.720. The molecule has 3 nitrogen and oxygen atoms in total. The van der Waals surface area contributed by atoms with Gasteiger partial charge >= 0.3 is 0 Å². The summed E-state index contributed by atoms with van der Waals surface area (Å²) < 4.78 is 5.38. The molecule has 1 aromatic rings. The minimum atomic E-state index is 0.435. The smallest absolute Gasteiger partial charge is 0.166 e. The van der Waals surface area contributed by atoms with Crippen molar-refractivity contribution in [2.45, 2.75) is 13.8 Å². The summed E-state index contributed by atoms with van der Waals surface area (Å²) in [6, 6.07) is 3.61. The van der Waals surface area contributed by atoms with Crippen LogP contribution >= 0.6 is 0 Å². The van der Waals surface area contributed by atoms with Crippen LogP contribution in [-0.2, 0) is 0 Å². The highest BCUT2D eigenvalue weighted by molar-refractivity contribution is 5.44. The lowest BCUT2D eigenvalue weighted by atomic mass is 10.3. The van der Waals surface area contributed by atoms with Gasteiger partial charge in [-0.05, 0) is 32.1 Å². The second kappa shape index (κ2) is 4.50. The van der Waals surface area contributed by atoms with E-state index in [1.807, 2.05) is 19.9 Å². The Morgan fingerprint density at radius 2 is 2.38 bits per heavy atom. The van der Waals surface area contributed by atoms with Gasteiger partial charge < -0.3 is 10.5 Å². The number of nitrogens with two attached hydrogens (primary N) is 1. The monoisotopic (exact) mass is 178 g/mol. The molecule has 0 saturated heterocycles. The molecular weight excluding hydrogens is 164 g/mol. The minimum Gasteiger partial charge on any atom is -0.486 e. The summed E-state index contributed by atoms with van der Waals surface area (Å²) in [7, 11) is 0. The Hall–Kier alpha value is -1.51. The van der Waals surface area contributed by atoms with Gasteiger partial charge in [0, 0.05) is 6.20 Å². The Bertz CT molecular complexity index is 304. The van der Waals surface area contributed by atoms with Crippen molar-refractivity contribution in [3.8, 4) is 5.75 Å². The van der Waals surface area contributed by atoms with Crippen molar-refractivity contribution in [2.24, 2.45) is 0 Å². The highest BCUT2D eigenvalue weighted by Gasteiger charge is 1.97. The predicted molar refractivity (Wildman–Crippen MR) is 53.6 cm³/mol. The van der Waals surface area contributed by atoms with Crippen LogP contribution in [-0.4, -0.2) is 11.6 Å². The summed E-state index contributed by atoms with van der Waals surface area (Å²) >= 11 is 0. The van der Waals surface area contributed by atoms with Gasteiger partial charge in [-0.2, -0.15) is 0 Å². The predicted octanol–water partition coefficient (Wildman–Crippen LogP) is 2.01. The second-order valence-electron chi connectivity index (χ2n) is 2.98. The maximum Gasteiger partial charge on any atom is 0.166 e. The molecule has 13 heavy (non-hydrogen) atoms. The van der Waals surface area contributed by atoms with E-state index in [9.17, 15) is 0 Å². The summed E-state index contributed by atoms with van der Waals surface area (Å²) in [6.45, 7) is 4.59. The molecule has 0 bridgehead atoms. The zero-order valence-corrected chi connectivity index (χ0v) is 7.95. The molecule has 0 radical (unpaired) electrons. The van der Waals surface area contributed by atoms with Crippen LogP contribution in [0.2, 0.25) is 0 Å². The molecule has 0 aliphatic heterocycles. The molecule has 1 heterocycles. The van der Waals surface area contributed by atoms with Gasteiger partial charge in [0.25, 0.3) is 0 Å². The van der Waals surface area contributed by atoms with E-state index < -0.39 is 0 Å². The van der Waals surface area contributed by atoms with Gasteiger partial charge in [-0.1, -0.05) is 5.57 Å². The zero-order chi connectivity index (χ0) is 9.68. The Morgan fingerprint density at radius 1 is 1.62 bits per heavy atom. The van der Waals surface area contributed by atoms with Crippen molar-refractivity contribution >= 4 is 5.82 Å². The lowest BCUT2D eigenvalue weighted by Gasteiger charge is -2.04. The van der Waals surface area contributed by atoms with Crippen LogP contribution < -0.4 is 10.5 Å². The molecule has 0 spiro atoms. The SMILES string of the molecule is CC(C)=CCOc1cccnc1N. The van der Waals surface area contributed by atoms with E-state index in [-0.39, 0.29) is 0 Å². The molecule has 2 N–H and O–H groups in total. The first-order valence-corrected chi connectivity index (χ1v) is 4.17. The van der Waals surface area contributed by atoms with Crippen LogP contribution in [0.4, 0.5) is 5.82 Å². The first kappa shape index (κ1) is 9.58. The van der Waals surface area contributed by atoms with E-state index >= 15 is 0 Å². The first-order valence-electron chi connectivity index (χ1n) is 4.17. The number of rotatable bonds is 3. The van der Waals surface area contributed by atoms with Crippen LogP contribution in [0.25, 0.3) is 0 Å². The fourth-order valence-corrected chi connectivity index (χ4v) is 0.823. The number of pyridine rings is 1. The summed E-state index contributed by atoms with van der Waals surface area (Å²) in [5, 5.41) is 0. The van der Waals surface area contributed by atoms with Crippen LogP contribution in [0.15, 0.2) is 30.0 Å². The zero-order valence-electron chi connectivity index (χ0n) is 7.95. The lowest BCUT2D eigenvalue weighted by molar-refractivity contribution is 0.362. The molecule has 1 aromatic heterocycles. The van der Waals surface area contributed by atoms with E-state index in [0.717, 1.165) is 0 Å². The number of hydrogen-bond donors (Lipinski definition) is 1. The van der Waals surface area contributed by atoms with E-state index in [1.54, 1.807) is 18.3 Å². The molecule has 0 saturated carbocycles. The fourth-order valence-electron chi connectivity index (χ4n) is 0.823. The van der Waals surface area contributed by atoms with Crippen LogP contribution in [0.5, 0.6) is 5.75 Å². The molecule has 0 aromatic carbocycles. The highest BCUT2D eigenvalue weighted by atomic mass is 16.5. The third-order valence-electron chi connectivity index (χ3n) is 1.53. The Morgan fingerprint density at radius 3 is 3.00 bits per heavy atom. The van der Waals surface area contributed by atoms with Crippen molar-refractivity contribution in [1.82, 2.24) is 4.98 Å². The number of hydrogen-bond acceptors (Lipinski definition) is 3. The van der Waals surface area contributed by atoms with E-state index in [2.05, 4.69) is 4.98 Å². The summed E-state index contributed by atoms with van der Waals surface area (Å²) in [6.07, 6.45) is 3.63. The molecule has 3 heteroatoms. The van der Waals surface area contributed by atoms with Crippen LogP contribution in [0.1, 0.15) is 13.8 Å². The third kappa shape index (κ3) is 3.15. The van der Waals surface area contributed by atoms with Crippen molar-refractivity contribution in [2.75, 3.05) is 12.3 Å². The maximum atomic E-state index is 5.58. The number of aromatic nitrogens is 1. The van der Waals surface area contributed by atoms with Crippen LogP contribution in [0.3, 0.4) is 0 Å². The molecule has 70 valence electrons. The van der Waals surface area contributed by atoms with Gasteiger partial charge in [-0.25, -0.2) is 4.98 Å². The lowest BCUT2D eigenvalue weighted by Crippen LogP contribution is -1.99. The van der Waals surface area contributed by atoms with E-state index in [0.29, 0.717) is 18.2 Å². The van der Waals surface area contributed by atoms with Gasteiger partial charge in [-0.15, -0.1) is 0 Å². The topological polar surface area (TPSA) is 48.1 Å². The number of nitrogens with zero attached hydrogens (tertiary/aromatic N) is 1. The third-order valence-corrected chi connectivity index (χ3v) is 1.53. The Balaban J connectivity index is 2.55. The fraction of sp³-hybridized carbons (Fsp3) is 0.300. The summed E-state index contributed by atoms with van der Waals surface area (Å²) in [5.41, 5.74) is 6.81. The maximum absolute atomic E-state index is 5.58. The van der Waals surface area contributed by atoms with Crippen molar-refractivity contribution in [1.29, 1.82) is 0 Å². The van der Waals surface area contributed by atoms with Gasteiger partial charge in [0.1, 0.15) is 6.61 Å². The summed E-state index contributed by atoms with van der Waals surface area (Å²) in [4.78, 5) is 3.91. The molecule has 0 amide bonds. The molecule has 0 atom stereocenters. The molecule has 0 fully saturated rings. The van der Waals surface area contributed by atoms with E-state index in [4.69, 9.17) is 10.5 Å². The van der Waals surface area contributed by atoms with Crippen LogP contribution in [0, 0.1) is 0 Å².